The van der Waals surface area contributed by atoms with Crippen LogP contribution in [0.1, 0.15) is 27.0 Å². The molecule has 0 radical (unpaired) electrons. The minimum Gasteiger partial charge on any atom is -0.451 e. The number of benzene rings is 2. The first-order valence-electron chi connectivity index (χ1n) is 8.26. The molecule has 3 aromatic rings. The second-order valence-electron chi connectivity index (χ2n) is 5.76. The number of ketones is 1. The third kappa shape index (κ3) is 4.48. The van der Waals surface area contributed by atoms with Gasteiger partial charge in [0.2, 0.25) is 0 Å². The van der Waals surface area contributed by atoms with Gasteiger partial charge in [-0.3, -0.25) is 9.59 Å². The lowest BCUT2D eigenvalue weighted by Crippen LogP contribution is -2.21. The fourth-order valence-electron chi connectivity index (χ4n) is 2.59. The van der Waals surface area contributed by atoms with Gasteiger partial charge in [0.25, 0.3) is 5.91 Å². The Morgan fingerprint density at radius 2 is 1.67 bits per heavy atom. The smallest absolute Gasteiger partial charge is 0.349 e. The van der Waals surface area contributed by atoms with Gasteiger partial charge in [0.05, 0.1) is 5.69 Å². The first kappa shape index (κ1) is 18.5. The third-order valence-electron chi connectivity index (χ3n) is 3.85. The van der Waals surface area contributed by atoms with Crippen LogP contribution in [-0.4, -0.2) is 24.3 Å². The molecule has 0 spiro atoms. The van der Waals surface area contributed by atoms with Crippen LogP contribution in [0.3, 0.4) is 0 Å². The Morgan fingerprint density at radius 3 is 2.41 bits per heavy atom. The highest BCUT2D eigenvalue weighted by molar-refractivity contribution is 7.12. The lowest BCUT2D eigenvalue weighted by atomic mass is 10.1. The molecule has 0 aliphatic heterocycles. The van der Waals surface area contributed by atoms with Gasteiger partial charge in [-0.2, -0.15) is 0 Å². The zero-order valence-electron chi connectivity index (χ0n) is 14.6. The molecule has 0 saturated carbocycles. The van der Waals surface area contributed by atoms with Crippen LogP contribution >= 0.6 is 11.3 Å². The summed E-state index contributed by atoms with van der Waals surface area (Å²) >= 11 is 1.26. The molecule has 3 rings (SSSR count). The van der Waals surface area contributed by atoms with E-state index in [1.807, 2.05) is 41.8 Å². The molecule has 6 heteroatoms. The first-order chi connectivity index (χ1) is 13.1. The van der Waals surface area contributed by atoms with E-state index in [9.17, 15) is 14.4 Å². The zero-order valence-corrected chi connectivity index (χ0v) is 15.4. The van der Waals surface area contributed by atoms with Crippen LogP contribution in [0, 0.1) is 0 Å². The summed E-state index contributed by atoms with van der Waals surface area (Å²) in [4.78, 5) is 36.6. The maximum absolute atomic E-state index is 12.4. The monoisotopic (exact) mass is 379 g/mol. The highest BCUT2D eigenvalue weighted by atomic mass is 32.1. The predicted molar refractivity (Wildman–Crippen MR) is 105 cm³/mol. The van der Waals surface area contributed by atoms with Crippen molar-refractivity contribution >= 4 is 34.7 Å². The number of hydrogen-bond acceptors (Lipinski definition) is 5. The topological polar surface area (TPSA) is 72.5 Å². The average molecular weight is 379 g/mol. The van der Waals surface area contributed by atoms with Crippen LogP contribution in [-0.2, 0) is 9.53 Å². The highest BCUT2D eigenvalue weighted by Crippen LogP contribution is 2.28. The molecule has 1 aromatic heterocycles. The molecule has 0 aliphatic carbocycles. The van der Waals surface area contributed by atoms with Gasteiger partial charge >= 0.3 is 5.97 Å². The van der Waals surface area contributed by atoms with Crippen molar-refractivity contribution in [2.24, 2.45) is 0 Å². The van der Waals surface area contributed by atoms with E-state index in [0.29, 0.717) is 16.1 Å². The number of para-hydroxylation sites is 1. The quantitative estimate of drug-likeness (QED) is 0.508. The van der Waals surface area contributed by atoms with E-state index in [4.69, 9.17) is 4.74 Å². The molecule has 1 N–H and O–H groups in total. The van der Waals surface area contributed by atoms with Crippen LogP contribution in [0.25, 0.3) is 11.1 Å². The Balaban J connectivity index is 1.65. The van der Waals surface area contributed by atoms with Crippen LogP contribution in [0.15, 0.2) is 66.0 Å². The van der Waals surface area contributed by atoms with E-state index in [0.717, 1.165) is 11.1 Å². The van der Waals surface area contributed by atoms with Gasteiger partial charge < -0.3 is 10.1 Å². The Labute approximate surface area is 160 Å². The van der Waals surface area contributed by atoms with Gasteiger partial charge in [-0.25, -0.2) is 4.79 Å². The Kier molecular flexibility index (Phi) is 5.78. The molecule has 0 atom stereocenters. The number of anilines is 1. The minimum atomic E-state index is -0.557. The lowest BCUT2D eigenvalue weighted by molar-refractivity contribution is -0.119. The standard InChI is InChI=1S/C21H17NO4S/c1-14(23)16-9-5-6-10-18(16)22-19(24)13-26-21(25)20-17(11-12-27-20)15-7-3-2-4-8-15/h2-12H,13H2,1H3,(H,22,24). The van der Waals surface area contributed by atoms with E-state index in [1.54, 1.807) is 24.3 Å². The van der Waals surface area contributed by atoms with E-state index < -0.39 is 18.5 Å². The molecule has 0 bridgehead atoms. The van der Waals surface area contributed by atoms with Gasteiger partial charge in [0.1, 0.15) is 4.88 Å². The second-order valence-corrected chi connectivity index (χ2v) is 6.67. The number of esters is 1. The summed E-state index contributed by atoms with van der Waals surface area (Å²) in [6.07, 6.45) is 0. The fourth-order valence-corrected chi connectivity index (χ4v) is 3.40. The van der Waals surface area contributed by atoms with Gasteiger partial charge in [-0.05, 0) is 36.1 Å². The summed E-state index contributed by atoms with van der Waals surface area (Å²) in [7, 11) is 0. The maximum Gasteiger partial charge on any atom is 0.349 e. The van der Waals surface area contributed by atoms with Gasteiger partial charge in [0, 0.05) is 11.1 Å². The molecule has 0 fully saturated rings. The van der Waals surface area contributed by atoms with Crippen molar-refractivity contribution in [1.82, 2.24) is 0 Å². The summed E-state index contributed by atoms with van der Waals surface area (Å²) in [6, 6.07) is 18.0. The Bertz CT molecular complexity index is 979. The minimum absolute atomic E-state index is 0.158. The number of rotatable bonds is 6. The van der Waals surface area contributed by atoms with Gasteiger partial charge in [-0.1, -0.05) is 42.5 Å². The third-order valence-corrected chi connectivity index (χ3v) is 4.74. The molecule has 2 aromatic carbocycles. The number of amides is 1. The van der Waals surface area contributed by atoms with Crippen molar-refractivity contribution in [2.75, 3.05) is 11.9 Å². The van der Waals surface area contributed by atoms with Crippen molar-refractivity contribution in [3.05, 3.63) is 76.5 Å². The summed E-state index contributed by atoms with van der Waals surface area (Å²) in [6.45, 7) is 0.990. The average Bonchev–Trinajstić information content (AvgIpc) is 3.17. The second kappa shape index (κ2) is 8.42. The Hall–Kier alpha value is -3.25. The number of ether oxygens (including phenoxy) is 1. The number of carbonyl (C=O) groups excluding carboxylic acids is 3. The SMILES string of the molecule is CC(=O)c1ccccc1NC(=O)COC(=O)c1sccc1-c1ccccc1. The van der Waals surface area contributed by atoms with Crippen molar-refractivity contribution < 1.29 is 19.1 Å². The van der Waals surface area contributed by atoms with Crippen LogP contribution in [0.5, 0.6) is 0 Å². The van der Waals surface area contributed by atoms with Crippen LogP contribution in [0.4, 0.5) is 5.69 Å². The largest absolute Gasteiger partial charge is 0.451 e. The molecular formula is C21H17NO4S. The number of nitrogens with one attached hydrogen (secondary N) is 1. The fraction of sp³-hybridized carbons (Fsp3) is 0.0952. The van der Waals surface area contributed by atoms with Crippen molar-refractivity contribution in [3.63, 3.8) is 0 Å². The Morgan fingerprint density at radius 1 is 0.963 bits per heavy atom. The zero-order chi connectivity index (χ0) is 19.2. The molecule has 0 unspecified atom stereocenters. The van der Waals surface area contributed by atoms with E-state index in [-0.39, 0.29) is 5.78 Å². The molecule has 1 amide bonds. The summed E-state index contributed by atoms with van der Waals surface area (Å²) in [5.41, 5.74) is 2.48. The number of Topliss-reactive ketones (excluding diaryl/α,β-unsaturated/α-hetero) is 1. The van der Waals surface area contributed by atoms with Crippen molar-refractivity contribution in [1.29, 1.82) is 0 Å². The van der Waals surface area contributed by atoms with Crippen molar-refractivity contribution in [2.45, 2.75) is 6.92 Å². The maximum atomic E-state index is 12.4. The van der Waals surface area contributed by atoms with E-state index >= 15 is 0 Å². The molecule has 0 aliphatic rings. The van der Waals surface area contributed by atoms with E-state index in [2.05, 4.69) is 5.32 Å². The summed E-state index contributed by atoms with van der Waals surface area (Å²) in [5, 5.41) is 4.41. The van der Waals surface area contributed by atoms with Gasteiger partial charge in [-0.15, -0.1) is 11.3 Å². The summed E-state index contributed by atoms with van der Waals surface area (Å²) < 4.78 is 5.16. The van der Waals surface area contributed by atoms with Gasteiger partial charge in [0.15, 0.2) is 12.4 Å². The van der Waals surface area contributed by atoms with Crippen LogP contribution < -0.4 is 5.32 Å². The molecule has 0 saturated heterocycles. The van der Waals surface area contributed by atoms with E-state index in [1.165, 1.54) is 18.3 Å². The number of carbonyl (C=O) groups is 3. The molecular weight excluding hydrogens is 362 g/mol. The first-order valence-corrected chi connectivity index (χ1v) is 9.14. The molecule has 1 heterocycles. The predicted octanol–water partition coefficient (Wildman–Crippen LogP) is 4.41. The molecule has 27 heavy (non-hydrogen) atoms. The normalized spacial score (nSPS) is 10.3. The number of thiophene rings is 1. The van der Waals surface area contributed by atoms with Crippen molar-refractivity contribution in [3.8, 4) is 11.1 Å². The number of hydrogen-bond donors (Lipinski definition) is 1. The van der Waals surface area contributed by atoms with Crippen LogP contribution in [0.2, 0.25) is 0 Å². The highest BCUT2D eigenvalue weighted by Gasteiger charge is 2.18. The molecule has 5 nitrogen and oxygen atoms in total. The summed E-state index contributed by atoms with van der Waals surface area (Å²) in [5.74, 6) is -1.22. The lowest BCUT2D eigenvalue weighted by Gasteiger charge is -2.09. The molecule has 136 valence electrons.